The average Bonchev–Trinajstić information content (AvgIpc) is 2.46. The van der Waals surface area contributed by atoms with Gasteiger partial charge in [0.05, 0.1) is 6.61 Å². The molecule has 0 spiro atoms. The SMILES string of the molecule is COCc1cccc(CN[C@H](C)c2ccccc2Br)c1. The lowest BCUT2D eigenvalue weighted by molar-refractivity contribution is 0.185. The number of hydrogen-bond acceptors (Lipinski definition) is 2. The van der Waals surface area contributed by atoms with Crippen molar-refractivity contribution in [2.45, 2.75) is 26.1 Å². The molecule has 0 aliphatic carbocycles. The summed E-state index contributed by atoms with van der Waals surface area (Å²) in [5, 5.41) is 3.55. The molecule has 2 nitrogen and oxygen atoms in total. The van der Waals surface area contributed by atoms with E-state index < -0.39 is 0 Å². The Morgan fingerprint density at radius 3 is 2.60 bits per heavy atom. The van der Waals surface area contributed by atoms with E-state index in [9.17, 15) is 0 Å². The van der Waals surface area contributed by atoms with E-state index in [0.717, 1.165) is 11.0 Å². The van der Waals surface area contributed by atoms with E-state index >= 15 is 0 Å². The lowest BCUT2D eigenvalue weighted by Gasteiger charge is -2.16. The predicted molar refractivity (Wildman–Crippen MR) is 86.6 cm³/mol. The third-order valence-electron chi connectivity index (χ3n) is 3.29. The second kappa shape index (κ2) is 7.58. The number of halogens is 1. The van der Waals surface area contributed by atoms with Crippen LogP contribution < -0.4 is 5.32 Å². The molecule has 0 unspecified atom stereocenters. The van der Waals surface area contributed by atoms with Gasteiger partial charge in [-0.15, -0.1) is 0 Å². The summed E-state index contributed by atoms with van der Waals surface area (Å²) in [6.45, 7) is 3.69. The molecular weight excluding hydrogens is 314 g/mol. The fourth-order valence-corrected chi connectivity index (χ4v) is 2.83. The summed E-state index contributed by atoms with van der Waals surface area (Å²) in [6, 6.07) is 17.1. The monoisotopic (exact) mass is 333 g/mol. The van der Waals surface area contributed by atoms with E-state index in [1.807, 2.05) is 6.07 Å². The second-order valence-corrected chi connectivity index (χ2v) is 5.73. The summed E-state index contributed by atoms with van der Waals surface area (Å²) < 4.78 is 6.31. The Balaban J connectivity index is 1.98. The predicted octanol–water partition coefficient (Wildman–Crippen LogP) is 4.45. The van der Waals surface area contributed by atoms with Gasteiger partial charge in [-0.2, -0.15) is 0 Å². The maximum absolute atomic E-state index is 5.17. The van der Waals surface area contributed by atoms with Gasteiger partial charge >= 0.3 is 0 Å². The smallest absolute Gasteiger partial charge is 0.0713 e. The van der Waals surface area contributed by atoms with Crippen LogP contribution >= 0.6 is 15.9 Å². The van der Waals surface area contributed by atoms with E-state index in [0.29, 0.717) is 12.6 Å². The Labute approximate surface area is 129 Å². The van der Waals surface area contributed by atoms with E-state index in [4.69, 9.17) is 4.74 Å². The highest BCUT2D eigenvalue weighted by Crippen LogP contribution is 2.23. The van der Waals surface area contributed by atoms with E-state index in [2.05, 4.69) is 70.6 Å². The van der Waals surface area contributed by atoms with Crippen molar-refractivity contribution in [3.05, 3.63) is 69.7 Å². The van der Waals surface area contributed by atoms with Gasteiger partial charge in [-0.1, -0.05) is 58.4 Å². The third kappa shape index (κ3) is 4.17. The van der Waals surface area contributed by atoms with E-state index in [1.165, 1.54) is 16.7 Å². The van der Waals surface area contributed by atoms with Crippen molar-refractivity contribution in [1.29, 1.82) is 0 Å². The molecule has 0 saturated carbocycles. The van der Waals surface area contributed by atoms with Crippen LogP contribution in [0.2, 0.25) is 0 Å². The largest absolute Gasteiger partial charge is 0.380 e. The normalized spacial score (nSPS) is 12.3. The molecule has 0 radical (unpaired) electrons. The highest BCUT2D eigenvalue weighted by molar-refractivity contribution is 9.10. The fourth-order valence-electron chi connectivity index (χ4n) is 2.20. The van der Waals surface area contributed by atoms with Crippen LogP contribution in [0.1, 0.15) is 29.7 Å². The van der Waals surface area contributed by atoms with Gasteiger partial charge in [0.1, 0.15) is 0 Å². The molecule has 2 rings (SSSR count). The van der Waals surface area contributed by atoms with Crippen LogP contribution in [0, 0.1) is 0 Å². The Hall–Kier alpha value is -1.16. The van der Waals surface area contributed by atoms with Gasteiger partial charge in [0.15, 0.2) is 0 Å². The number of hydrogen-bond donors (Lipinski definition) is 1. The molecule has 106 valence electrons. The van der Waals surface area contributed by atoms with Gasteiger partial charge in [0.2, 0.25) is 0 Å². The molecule has 0 amide bonds. The van der Waals surface area contributed by atoms with Crippen LogP contribution in [-0.4, -0.2) is 7.11 Å². The molecular formula is C17H20BrNO. The Morgan fingerprint density at radius 2 is 1.85 bits per heavy atom. The number of nitrogens with one attached hydrogen (secondary N) is 1. The molecule has 0 aliphatic rings. The number of benzene rings is 2. The molecule has 0 bridgehead atoms. The lowest BCUT2D eigenvalue weighted by atomic mass is 10.1. The maximum atomic E-state index is 5.17. The quantitative estimate of drug-likeness (QED) is 0.843. The Bertz CT molecular complexity index is 556. The first-order valence-corrected chi connectivity index (χ1v) is 7.54. The minimum atomic E-state index is 0.302. The van der Waals surface area contributed by atoms with Gasteiger partial charge in [-0.05, 0) is 29.7 Å². The summed E-state index contributed by atoms with van der Waals surface area (Å²) in [5.41, 5.74) is 3.76. The highest BCUT2D eigenvalue weighted by Gasteiger charge is 2.08. The van der Waals surface area contributed by atoms with Crippen LogP contribution in [0.5, 0.6) is 0 Å². The molecule has 3 heteroatoms. The van der Waals surface area contributed by atoms with Crippen molar-refractivity contribution in [3.8, 4) is 0 Å². The minimum Gasteiger partial charge on any atom is -0.380 e. The second-order valence-electron chi connectivity index (χ2n) is 4.88. The van der Waals surface area contributed by atoms with Crippen molar-refractivity contribution in [2.24, 2.45) is 0 Å². The molecule has 0 heterocycles. The zero-order valence-electron chi connectivity index (χ0n) is 11.9. The summed E-state index contributed by atoms with van der Waals surface area (Å²) in [4.78, 5) is 0. The van der Waals surface area contributed by atoms with E-state index in [-0.39, 0.29) is 0 Å². The minimum absolute atomic E-state index is 0.302. The summed E-state index contributed by atoms with van der Waals surface area (Å²) in [7, 11) is 1.72. The van der Waals surface area contributed by atoms with Crippen molar-refractivity contribution < 1.29 is 4.74 Å². The van der Waals surface area contributed by atoms with E-state index in [1.54, 1.807) is 7.11 Å². The first-order chi connectivity index (χ1) is 9.70. The van der Waals surface area contributed by atoms with Crippen molar-refractivity contribution in [1.82, 2.24) is 5.32 Å². The molecule has 0 fully saturated rings. The first-order valence-electron chi connectivity index (χ1n) is 6.75. The van der Waals surface area contributed by atoms with Gasteiger partial charge in [0.25, 0.3) is 0 Å². The van der Waals surface area contributed by atoms with Gasteiger partial charge in [-0.25, -0.2) is 0 Å². The maximum Gasteiger partial charge on any atom is 0.0713 e. The summed E-state index contributed by atoms with van der Waals surface area (Å²) in [5.74, 6) is 0. The molecule has 20 heavy (non-hydrogen) atoms. The molecule has 1 N–H and O–H groups in total. The van der Waals surface area contributed by atoms with Crippen LogP contribution in [0.4, 0.5) is 0 Å². The average molecular weight is 334 g/mol. The fraction of sp³-hybridized carbons (Fsp3) is 0.294. The Kier molecular flexibility index (Phi) is 5.77. The lowest BCUT2D eigenvalue weighted by Crippen LogP contribution is -2.18. The molecule has 0 saturated heterocycles. The molecule has 0 aliphatic heterocycles. The van der Waals surface area contributed by atoms with Crippen molar-refractivity contribution in [2.75, 3.05) is 7.11 Å². The molecule has 2 aromatic carbocycles. The summed E-state index contributed by atoms with van der Waals surface area (Å²) in [6.07, 6.45) is 0. The van der Waals surface area contributed by atoms with Crippen molar-refractivity contribution >= 4 is 15.9 Å². The number of methoxy groups -OCH3 is 1. The topological polar surface area (TPSA) is 21.3 Å². The Morgan fingerprint density at radius 1 is 1.10 bits per heavy atom. The molecule has 1 atom stereocenters. The highest BCUT2D eigenvalue weighted by atomic mass is 79.9. The molecule has 2 aromatic rings. The van der Waals surface area contributed by atoms with Crippen LogP contribution in [0.15, 0.2) is 53.0 Å². The van der Waals surface area contributed by atoms with Gasteiger partial charge in [0, 0.05) is 24.2 Å². The van der Waals surface area contributed by atoms with Crippen LogP contribution in [0.3, 0.4) is 0 Å². The van der Waals surface area contributed by atoms with Gasteiger partial charge in [-0.3, -0.25) is 0 Å². The zero-order valence-corrected chi connectivity index (χ0v) is 13.5. The van der Waals surface area contributed by atoms with Crippen LogP contribution in [0.25, 0.3) is 0 Å². The van der Waals surface area contributed by atoms with Crippen LogP contribution in [-0.2, 0) is 17.9 Å². The zero-order chi connectivity index (χ0) is 14.4. The third-order valence-corrected chi connectivity index (χ3v) is 4.01. The summed E-state index contributed by atoms with van der Waals surface area (Å²) >= 11 is 3.60. The molecule has 0 aromatic heterocycles. The van der Waals surface area contributed by atoms with Crippen molar-refractivity contribution in [3.63, 3.8) is 0 Å². The van der Waals surface area contributed by atoms with Gasteiger partial charge < -0.3 is 10.1 Å². The standard InChI is InChI=1S/C17H20BrNO/c1-13(16-8-3-4-9-17(16)18)19-11-14-6-5-7-15(10-14)12-20-2/h3-10,13,19H,11-12H2,1-2H3/t13-/m1/s1. The number of ether oxygens (including phenoxy) is 1. The first kappa shape index (κ1) is 15.2. The number of rotatable bonds is 6.